The van der Waals surface area contributed by atoms with Crippen molar-refractivity contribution in [3.63, 3.8) is 0 Å². The van der Waals surface area contributed by atoms with E-state index in [2.05, 4.69) is 15.5 Å². The summed E-state index contributed by atoms with van der Waals surface area (Å²) in [6.45, 7) is 1.67. The number of nitrogens with one attached hydrogen (secondary N) is 2. The first-order chi connectivity index (χ1) is 8.90. The van der Waals surface area contributed by atoms with Gasteiger partial charge in [-0.15, -0.1) is 10.2 Å². The van der Waals surface area contributed by atoms with Crippen LogP contribution in [0.2, 0.25) is 0 Å². The normalized spacial score (nSPS) is 12.1. The molecular weight excluding hydrogens is 254 g/mol. The van der Waals surface area contributed by atoms with Crippen molar-refractivity contribution in [3.05, 3.63) is 24.3 Å². The number of carboxylic acid groups (broad SMARTS) is 1. The second-order valence-electron chi connectivity index (χ2n) is 3.66. The molecule has 1 aromatic heterocycles. The molecule has 1 aromatic rings. The van der Waals surface area contributed by atoms with Gasteiger partial charge < -0.3 is 15.0 Å². The molecule has 0 radical (unpaired) electrons. The van der Waals surface area contributed by atoms with Crippen LogP contribution in [-0.4, -0.2) is 37.8 Å². The highest BCUT2D eigenvalue weighted by Crippen LogP contribution is 2.06. The molecule has 0 aliphatic rings. The number of carbonyl (C=O) groups is 3. The van der Waals surface area contributed by atoms with E-state index >= 15 is 0 Å². The van der Waals surface area contributed by atoms with E-state index in [1.54, 1.807) is 18.5 Å². The molecule has 9 heteroatoms. The summed E-state index contributed by atoms with van der Waals surface area (Å²) in [7, 11) is 1.71. The number of rotatable bonds is 4. The minimum Gasteiger partial charge on any atom is -0.478 e. The molecule has 0 aliphatic heterocycles. The zero-order chi connectivity index (χ0) is 14.4. The van der Waals surface area contributed by atoms with Gasteiger partial charge in [0.2, 0.25) is 0 Å². The molecule has 3 amide bonds. The van der Waals surface area contributed by atoms with Crippen LogP contribution in [0.1, 0.15) is 18.8 Å². The predicted molar refractivity (Wildman–Crippen MR) is 62.9 cm³/mol. The lowest BCUT2D eigenvalue weighted by Crippen LogP contribution is -2.40. The third-order valence-corrected chi connectivity index (χ3v) is 2.10. The fourth-order valence-electron chi connectivity index (χ4n) is 1.28. The van der Waals surface area contributed by atoms with Gasteiger partial charge in [-0.05, 0) is 6.92 Å². The monoisotopic (exact) mass is 267 g/mol. The van der Waals surface area contributed by atoms with Crippen molar-refractivity contribution in [2.45, 2.75) is 13.0 Å². The molecule has 3 N–H and O–H groups in total. The highest BCUT2D eigenvalue weighted by molar-refractivity contribution is 6.02. The van der Waals surface area contributed by atoms with Gasteiger partial charge in [0.1, 0.15) is 6.33 Å². The van der Waals surface area contributed by atoms with Crippen LogP contribution in [0.3, 0.4) is 0 Å². The average molecular weight is 267 g/mol. The first-order valence-corrected chi connectivity index (χ1v) is 5.26. The Morgan fingerprint density at radius 3 is 2.63 bits per heavy atom. The SMILES string of the molecule is CC(NC(=O)NC(=O)C=CC(=O)O)c1nncn1C. The van der Waals surface area contributed by atoms with E-state index < -0.39 is 23.9 Å². The fraction of sp³-hybridized carbons (Fsp3) is 0.300. The van der Waals surface area contributed by atoms with Crippen molar-refractivity contribution in [3.8, 4) is 0 Å². The number of carboxylic acids is 1. The molecule has 9 nitrogen and oxygen atoms in total. The zero-order valence-electron chi connectivity index (χ0n) is 10.3. The van der Waals surface area contributed by atoms with E-state index in [-0.39, 0.29) is 0 Å². The first kappa shape index (κ1) is 14.4. The molecule has 1 atom stereocenters. The fourth-order valence-corrected chi connectivity index (χ4v) is 1.28. The summed E-state index contributed by atoms with van der Waals surface area (Å²) in [6.07, 6.45) is 2.86. The summed E-state index contributed by atoms with van der Waals surface area (Å²) in [5, 5.41) is 20.2. The van der Waals surface area contributed by atoms with Crippen molar-refractivity contribution >= 4 is 17.9 Å². The van der Waals surface area contributed by atoms with E-state index in [1.165, 1.54) is 6.33 Å². The van der Waals surface area contributed by atoms with Gasteiger partial charge in [-0.3, -0.25) is 10.1 Å². The Kier molecular flexibility index (Phi) is 4.75. The maximum atomic E-state index is 11.4. The highest BCUT2D eigenvalue weighted by atomic mass is 16.4. The van der Waals surface area contributed by atoms with Gasteiger partial charge in [0.25, 0.3) is 5.91 Å². The number of hydrogen-bond donors (Lipinski definition) is 3. The number of nitrogens with zero attached hydrogens (tertiary/aromatic N) is 3. The highest BCUT2D eigenvalue weighted by Gasteiger charge is 2.14. The zero-order valence-corrected chi connectivity index (χ0v) is 10.3. The van der Waals surface area contributed by atoms with E-state index in [4.69, 9.17) is 5.11 Å². The van der Waals surface area contributed by atoms with Gasteiger partial charge in [0, 0.05) is 19.2 Å². The van der Waals surface area contributed by atoms with Gasteiger partial charge in [-0.25, -0.2) is 9.59 Å². The molecule has 1 heterocycles. The van der Waals surface area contributed by atoms with Crippen LogP contribution in [-0.2, 0) is 16.6 Å². The molecular formula is C10H13N5O4. The number of aliphatic carboxylic acids is 1. The second-order valence-corrected chi connectivity index (χ2v) is 3.66. The molecule has 0 saturated carbocycles. The van der Waals surface area contributed by atoms with Crippen molar-refractivity contribution in [2.75, 3.05) is 0 Å². The van der Waals surface area contributed by atoms with Crippen LogP contribution in [0.25, 0.3) is 0 Å². The summed E-state index contributed by atoms with van der Waals surface area (Å²) in [5.74, 6) is -1.59. The number of hydrogen-bond acceptors (Lipinski definition) is 5. The van der Waals surface area contributed by atoms with Crippen LogP contribution in [0.5, 0.6) is 0 Å². The van der Waals surface area contributed by atoms with Crippen molar-refractivity contribution in [1.82, 2.24) is 25.4 Å². The van der Waals surface area contributed by atoms with Gasteiger partial charge in [-0.1, -0.05) is 0 Å². The van der Waals surface area contributed by atoms with Crippen molar-refractivity contribution in [2.24, 2.45) is 7.05 Å². The smallest absolute Gasteiger partial charge is 0.328 e. The molecule has 0 aliphatic carbocycles. The van der Waals surface area contributed by atoms with Gasteiger partial charge >= 0.3 is 12.0 Å². The van der Waals surface area contributed by atoms with Crippen LogP contribution in [0.15, 0.2) is 18.5 Å². The summed E-state index contributed by atoms with van der Waals surface area (Å²) in [5.41, 5.74) is 0. The average Bonchev–Trinajstić information content (AvgIpc) is 2.72. The molecule has 0 bridgehead atoms. The van der Waals surface area contributed by atoms with E-state index in [0.717, 1.165) is 6.08 Å². The van der Waals surface area contributed by atoms with E-state index in [9.17, 15) is 14.4 Å². The van der Waals surface area contributed by atoms with Gasteiger partial charge in [-0.2, -0.15) is 0 Å². The number of amides is 3. The number of imide groups is 1. The summed E-state index contributed by atoms with van der Waals surface area (Å²) in [6, 6.07) is -1.21. The third kappa shape index (κ3) is 4.58. The van der Waals surface area contributed by atoms with Crippen molar-refractivity contribution < 1.29 is 19.5 Å². The summed E-state index contributed by atoms with van der Waals surface area (Å²) in [4.78, 5) is 32.7. The Labute approximate surface area is 108 Å². The Hall–Kier alpha value is -2.71. The molecule has 0 saturated heterocycles. The van der Waals surface area contributed by atoms with Crippen LogP contribution in [0.4, 0.5) is 4.79 Å². The molecule has 1 rings (SSSR count). The number of aryl methyl sites for hydroxylation is 1. The lowest BCUT2D eigenvalue weighted by Gasteiger charge is -2.12. The quantitative estimate of drug-likeness (QED) is 0.622. The number of aromatic nitrogens is 3. The summed E-state index contributed by atoms with van der Waals surface area (Å²) < 4.78 is 1.62. The molecule has 0 fully saturated rings. The topological polar surface area (TPSA) is 126 Å². The van der Waals surface area contributed by atoms with Crippen molar-refractivity contribution in [1.29, 1.82) is 0 Å². The minimum atomic E-state index is -1.27. The second kappa shape index (κ2) is 6.28. The van der Waals surface area contributed by atoms with Crippen LogP contribution in [0, 0.1) is 0 Å². The lowest BCUT2D eigenvalue weighted by atomic mass is 10.3. The van der Waals surface area contributed by atoms with Crippen LogP contribution < -0.4 is 10.6 Å². The molecule has 102 valence electrons. The molecule has 1 unspecified atom stereocenters. The third-order valence-electron chi connectivity index (χ3n) is 2.10. The number of urea groups is 1. The Bertz CT molecular complexity index is 522. The molecule has 19 heavy (non-hydrogen) atoms. The molecule has 0 spiro atoms. The summed E-state index contributed by atoms with van der Waals surface area (Å²) >= 11 is 0. The largest absolute Gasteiger partial charge is 0.478 e. The van der Waals surface area contributed by atoms with E-state index in [0.29, 0.717) is 11.9 Å². The first-order valence-electron chi connectivity index (χ1n) is 5.26. The Balaban J connectivity index is 2.50. The van der Waals surface area contributed by atoms with Gasteiger partial charge in [0.15, 0.2) is 5.82 Å². The van der Waals surface area contributed by atoms with Gasteiger partial charge in [0.05, 0.1) is 6.04 Å². The maximum Gasteiger partial charge on any atom is 0.328 e. The maximum absolute atomic E-state index is 11.4. The lowest BCUT2D eigenvalue weighted by molar-refractivity contribution is -0.131. The minimum absolute atomic E-state index is 0.455. The predicted octanol–water partition coefficient (Wildman–Crippen LogP) is -0.657. The van der Waals surface area contributed by atoms with Crippen LogP contribution >= 0.6 is 0 Å². The van der Waals surface area contributed by atoms with E-state index in [1.807, 2.05) is 5.32 Å². The Morgan fingerprint density at radius 2 is 2.11 bits per heavy atom. The standard InChI is InChI=1S/C10H13N5O4/c1-6(9-14-11-5-15(9)2)12-10(19)13-7(16)3-4-8(17)18/h3-6H,1-2H3,(H,17,18)(H2,12,13,16,19). The number of carbonyl (C=O) groups excluding carboxylic acids is 2. The Morgan fingerprint density at radius 1 is 1.42 bits per heavy atom. The molecule has 0 aromatic carbocycles.